The molecule has 2 heterocycles. The lowest BCUT2D eigenvalue weighted by Crippen LogP contribution is -2.16. The lowest BCUT2D eigenvalue weighted by molar-refractivity contribution is -0.116. The van der Waals surface area contributed by atoms with E-state index >= 15 is 0 Å². The molecule has 6 heteroatoms. The molecule has 0 bridgehead atoms. The molecular weight excluding hydrogens is 292 g/mol. The van der Waals surface area contributed by atoms with E-state index in [9.17, 15) is 4.79 Å². The molecule has 1 amide bonds. The number of ether oxygens (including phenoxy) is 1. The molecule has 0 saturated heterocycles. The molecule has 3 rings (SSSR count). The lowest BCUT2D eigenvalue weighted by atomic mass is 10.1. The predicted molar refractivity (Wildman–Crippen MR) is 89.5 cm³/mol. The summed E-state index contributed by atoms with van der Waals surface area (Å²) in [7, 11) is 1.64. The maximum atomic E-state index is 11.6. The molecule has 3 N–H and O–H groups in total. The molecule has 2 aromatic heterocycles. The Morgan fingerprint density at radius 3 is 2.96 bits per heavy atom. The molecule has 3 aromatic rings. The first kappa shape index (κ1) is 15.1. The van der Waals surface area contributed by atoms with E-state index in [1.54, 1.807) is 7.11 Å². The molecule has 0 aliphatic heterocycles. The van der Waals surface area contributed by atoms with Gasteiger partial charge in [-0.15, -0.1) is 0 Å². The number of hydrogen-bond acceptors (Lipinski definition) is 4. The van der Waals surface area contributed by atoms with Crippen LogP contribution in [0.5, 0.6) is 5.75 Å². The van der Waals surface area contributed by atoms with Crippen LogP contribution in [0.25, 0.3) is 16.9 Å². The smallest absolute Gasteiger partial charge is 0.225 e. The van der Waals surface area contributed by atoms with Crippen molar-refractivity contribution in [2.75, 3.05) is 19.0 Å². The fourth-order valence-electron chi connectivity index (χ4n) is 2.34. The van der Waals surface area contributed by atoms with Crippen molar-refractivity contribution in [3.63, 3.8) is 0 Å². The SMILES string of the molecule is COc1cccc(-c2cn3cc(NC(=O)CCN)ccc3n2)c1. The highest BCUT2D eigenvalue weighted by molar-refractivity contribution is 5.90. The van der Waals surface area contributed by atoms with Crippen LogP contribution in [0.2, 0.25) is 0 Å². The zero-order valence-electron chi connectivity index (χ0n) is 12.8. The van der Waals surface area contributed by atoms with Crippen LogP contribution < -0.4 is 15.8 Å². The molecule has 6 nitrogen and oxygen atoms in total. The molecule has 0 fully saturated rings. The number of hydrogen-bond donors (Lipinski definition) is 2. The molecule has 118 valence electrons. The van der Waals surface area contributed by atoms with E-state index in [2.05, 4.69) is 10.3 Å². The second-order valence-electron chi connectivity index (χ2n) is 5.13. The summed E-state index contributed by atoms with van der Waals surface area (Å²) in [5.74, 6) is 0.689. The molecular formula is C17H18N4O2. The quantitative estimate of drug-likeness (QED) is 0.757. The van der Waals surface area contributed by atoms with E-state index in [1.807, 2.05) is 53.2 Å². The van der Waals surface area contributed by atoms with E-state index in [4.69, 9.17) is 10.5 Å². The van der Waals surface area contributed by atoms with E-state index < -0.39 is 0 Å². The van der Waals surface area contributed by atoms with Crippen LogP contribution in [-0.4, -0.2) is 28.9 Å². The van der Waals surface area contributed by atoms with Crippen molar-refractivity contribution >= 4 is 17.2 Å². The number of aromatic nitrogens is 2. The largest absolute Gasteiger partial charge is 0.497 e. The Kier molecular flexibility index (Phi) is 4.25. The molecule has 0 aliphatic rings. The Morgan fingerprint density at radius 2 is 2.17 bits per heavy atom. The number of pyridine rings is 1. The fourth-order valence-corrected chi connectivity index (χ4v) is 2.34. The van der Waals surface area contributed by atoms with Crippen molar-refractivity contribution in [2.24, 2.45) is 5.73 Å². The van der Waals surface area contributed by atoms with Gasteiger partial charge in [0, 0.05) is 30.9 Å². The Bertz CT molecular complexity index is 841. The van der Waals surface area contributed by atoms with Gasteiger partial charge in [-0.25, -0.2) is 4.98 Å². The molecule has 1 aromatic carbocycles. The average Bonchev–Trinajstić information content (AvgIpc) is 2.98. The fraction of sp³-hybridized carbons (Fsp3) is 0.176. The second-order valence-corrected chi connectivity index (χ2v) is 5.13. The van der Waals surface area contributed by atoms with Gasteiger partial charge in [-0.2, -0.15) is 0 Å². The number of nitrogens with zero attached hydrogens (tertiary/aromatic N) is 2. The van der Waals surface area contributed by atoms with Crippen LogP contribution >= 0.6 is 0 Å². The van der Waals surface area contributed by atoms with Gasteiger partial charge in [0.05, 0.1) is 18.5 Å². The van der Waals surface area contributed by atoms with Gasteiger partial charge in [0.1, 0.15) is 11.4 Å². The minimum Gasteiger partial charge on any atom is -0.497 e. The number of rotatable bonds is 5. The van der Waals surface area contributed by atoms with Gasteiger partial charge in [-0.1, -0.05) is 12.1 Å². The van der Waals surface area contributed by atoms with Crippen molar-refractivity contribution in [2.45, 2.75) is 6.42 Å². The Labute approximate surface area is 133 Å². The van der Waals surface area contributed by atoms with Gasteiger partial charge in [0.25, 0.3) is 0 Å². The molecule has 0 atom stereocenters. The number of anilines is 1. The highest BCUT2D eigenvalue weighted by atomic mass is 16.5. The number of methoxy groups -OCH3 is 1. The molecule has 23 heavy (non-hydrogen) atoms. The van der Waals surface area contributed by atoms with Crippen LogP contribution in [-0.2, 0) is 4.79 Å². The summed E-state index contributed by atoms with van der Waals surface area (Å²) in [6.45, 7) is 0.332. The normalized spacial score (nSPS) is 10.7. The van der Waals surface area contributed by atoms with Crippen molar-refractivity contribution < 1.29 is 9.53 Å². The molecule has 0 aliphatic carbocycles. The maximum absolute atomic E-state index is 11.6. The second kappa shape index (κ2) is 6.50. The first-order valence-corrected chi connectivity index (χ1v) is 7.32. The third-order valence-corrected chi connectivity index (χ3v) is 3.47. The predicted octanol–water partition coefficient (Wildman–Crippen LogP) is 2.30. The van der Waals surface area contributed by atoms with Gasteiger partial charge in [-0.3, -0.25) is 4.79 Å². The number of benzene rings is 1. The maximum Gasteiger partial charge on any atom is 0.225 e. The van der Waals surface area contributed by atoms with Crippen LogP contribution in [0.4, 0.5) is 5.69 Å². The monoisotopic (exact) mass is 310 g/mol. The molecule has 0 radical (unpaired) electrons. The number of fused-ring (bicyclic) bond motifs is 1. The Hall–Kier alpha value is -2.86. The van der Waals surface area contributed by atoms with E-state index in [0.29, 0.717) is 18.7 Å². The highest BCUT2D eigenvalue weighted by Gasteiger charge is 2.07. The zero-order valence-corrected chi connectivity index (χ0v) is 12.8. The minimum absolute atomic E-state index is 0.0972. The first-order valence-electron chi connectivity index (χ1n) is 7.32. The summed E-state index contributed by atoms with van der Waals surface area (Å²) < 4.78 is 7.13. The lowest BCUT2D eigenvalue weighted by Gasteiger charge is -2.04. The Morgan fingerprint density at radius 1 is 1.30 bits per heavy atom. The summed E-state index contributed by atoms with van der Waals surface area (Å²) in [6, 6.07) is 11.4. The van der Waals surface area contributed by atoms with Crippen LogP contribution in [0, 0.1) is 0 Å². The van der Waals surface area contributed by atoms with Crippen molar-refractivity contribution in [1.82, 2.24) is 9.38 Å². The van der Waals surface area contributed by atoms with Gasteiger partial charge in [0.15, 0.2) is 0 Å². The summed E-state index contributed by atoms with van der Waals surface area (Å²) in [4.78, 5) is 16.2. The molecule has 0 spiro atoms. The van der Waals surface area contributed by atoms with Gasteiger partial charge >= 0.3 is 0 Å². The van der Waals surface area contributed by atoms with Crippen molar-refractivity contribution in [3.05, 3.63) is 48.8 Å². The van der Waals surface area contributed by atoms with Crippen molar-refractivity contribution in [1.29, 1.82) is 0 Å². The molecule has 0 saturated carbocycles. The number of carbonyl (C=O) groups is 1. The standard InChI is InChI=1S/C17H18N4O2/c1-23-14-4-2-3-12(9-14)15-11-21-10-13(5-6-16(21)20-15)19-17(22)7-8-18/h2-6,9-11H,7-8,18H2,1H3,(H,19,22). The van der Waals surface area contributed by atoms with Crippen LogP contribution in [0.15, 0.2) is 48.8 Å². The Balaban J connectivity index is 1.91. The van der Waals surface area contributed by atoms with Crippen LogP contribution in [0.1, 0.15) is 6.42 Å². The summed E-state index contributed by atoms with van der Waals surface area (Å²) in [5.41, 5.74) is 8.71. The molecule has 0 unspecified atom stereocenters. The summed E-state index contributed by atoms with van der Waals surface area (Å²) >= 11 is 0. The summed E-state index contributed by atoms with van der Waals surface area (Å²) in [6.07, 6.45) is 4.06. The van der Waals surface area contributed by atoms with Gasteiger partial charge < -0.3 is 20.2 Å². The van der Waals surface area contributed by atoms with Gasteiger partial charge in [0.2, 0.25) is 5.91 Å². The number of nitrogens with one attached hydrogen (secondary N) is 1. The summed E-state index contributed by atoms with van der Waals surface area (Å²) in [5, 5.41) is 2.81. The number of imidazole rings is 1. The topological polar surface area (TPSA) is 81.7 Å². The minimum atomic E-state index is -0.0972. The van der Waals surface area contributed by atoms with Gasteiger partial charge in [-0.05, 0) is 24.3 Å². The third-order valence-electron chi connectivity index (χ3n) is 3.47. The van der Waals surface area contributed by atoms with Crippen molar-refractivity contribution in [3.8, 4) is 17.0 Å². The zero-order chi connectivity index (χ0) is 16.2. The number of nitrogens with two attached hydrogens (primary N) is 1. The highest BCUT2D eigenvalue weighted by Crippen LogP contribution is 2.24. The van der Waals surface area contributed by atoms with E-state index in [0.717, 1.165) is 22.7 Å². The van der Waals surface area contributed by atoms with Crippen LogP contribution in [0.3, 0.4) is 0 Å². The third kappa shape index (κ3) is 3.32. The average molecular weight is 310 g/mol. The number of amides is 1. The number of carbonyl (C=O) groups excluding carboxylic acids is 1. The van der Waals surface area contributed by atoms with E-state index in [1.165, 1.54) is 0 Å². The van der Waals surface area contributed by atoms with E-state index in [-0.39, 0.29) is 5.91 Å². The first-order chi connectivity index (χ1) is 11.2.